The van der Waals surface area contributed by atoms with Crippen LogP contribution in [0.15, 0.2) is 59.4 Å². The van der Waals surface area contributed by atoms with Crippen molar-refractivity contribution in [3.8, 4) is 28.5 Å². The Labute approximate surface area is 173 Å². The topological polar surface area (TPSA) is 91.7 Å². The average Bonchev–Trinajstić information content (AvgIpc) is 3.25. The van der Waals surface area contributed by atoms with E-state index in [9.17, 15) is 9.59 Å². The minimum Gasteiger partial charge on any atom is -0.497 e. The van der Waals surface area contributed by atoms with Crippen molar-refractivity contribution < 1.29 is 19.0 Å². The molecule has 1 unspecified atom stereocenters. The van der Waals surface area contributed by atoms with Gasteiger partial charge in [0, 0.05) is 18.2 Å². The van der Waals surface area contributed by atoms with E-state index in [1.807, 2.05) is 30.3 Å². The molecule has 0 saturated carbocycles. The summed E-state index contributed by atoms with van der Waals surface area (Å²) in [7, 11) is 1.59. The molecule has 1 amide bonds. The molecule has 30 heavy (non-hydrogen) atoms. The van der Waals surface area contributed by atoms with Crippen LogP contribution >= 0.6 is 0 Å². The maximum Gasteiger partial charge on any atom is 0.267 e. The van der Waals surface area contributed by atoms with Crippen LogP contribution in [0.1, 0.15) is 18.5 Å². The highest BCUT2D eigenvalue weighted by Gasteiger charge is 2.19. The summed E-state index contributed by atoms with van der Waals surface area (Å²) in [5, 5.41) is 7.24. The fourth-order valence-electron chi connectivity index (χ4n) is 3.14. The molecule has 4 rings (SSSR count). The molecule has 8 heteroatoms. The highest BCUT2D eigenvalue weighted by molar-refractivity contribution is 5.79. The molecule has 0 spiro atoms. The average molecular weight is 407 g/mol. The predicted octanol–water partition coefficient (Wildman–Crippen LogP) is 2.53. The summed E-state index contributed by atoms with van der Waals surface area (Å²) in [6, 6.07) is 15.1. The van der Waals surface area contributed by atoms with Gasteiger partial charge in [-0.3, -0.25) is 9.59 Å². The number of benzene rings is 2. The minimum absolute atomic E-state index is 0.177. The third-order valence-electron chi connectivity index (χ3n) is 4.84. The number of nitrogens with one attached hydrogen (secondary N) is 1. The van der Waals surface area contributed by atoms with Crippen LogP contribution in [0.5, 0.6) is 17.2 Å². The van der Waals surface area contributed by atoms with Crippen molar-refractivity contribution in [2.24, 2.45) is 0 Å². The second-order valence-corrected chi connectivity index (χ2v) is 6.81. The number of hydrogen-bond acceptors (Lipinski definition) is 6. The first-order valence-electron chi connectivity index (χ1n) is 9.45. The smallest absolute Gasteiger partial charge is 0.267 e. The van der Waals surface area contributed by atoms with Crippen molar-refractivity contribution in [1.82, 2.24) is 15.1 Å². The van der Waals surface area contributed by atoms with Crippen LogP contribution in [-0.4, -0.2) is 29.6 Å². The van der Waals surface area contributed by atoms with Gasteiger partial charge in [-0.1, -0.05) is 12.1 Å². The molecule has 0 radical (unpaired) electrons. The molecule has 0 bridgehead atoms. The molecule has 1 aliphatic heterocycles. The van der Waals surface area contributed by atoms with E-state index in [0.29, 0.717) is 29.5 Å². The highest BCUT2D eigenvalue weighted by Crippen LogP contribution is 2.35. The zero-order chi connectivity index (χ0) is 21.1. The number of nitrogens with zero attached hydrogens (tertiary/aromatic N) is 2. The van der Waals surface area contributed by atoms with Gasteiger partial charge < -0.3 is 19.5 Å². The third kappa shape index (κ3) is 3.98. The van der Waals surface area contributed by atoms with E-state index in [0.717, 1.165) is 11.1 Å². The molecule has 2 aromatic carbocycles. The van der Waals surface area contributed by atoms with Crippen molar-refractivity contribution >= 4 is 5.91 Å². The summed E-state index contributed by atoms with van der Waals surface area (Å²) in [5.74, 6) is 1.69. The molecular formula is C22H21N3O5. The van der Waals surface area contributed by atoms with E-state index < -0.39 is 6.04 Å². The lowest BCUT2D eigenvalue weighted by molar-refractivity contribution is -0.124. The Morgan fingerprint density at radius 2 is 2.00 bits per heavy atom. The third-order valence-corrected chi connectivity index (χ3v) is 4.84. The standard InChI is InChI=1S/C22H21N3O5/c1-14(22(27)23-12-15-4-3-5-17(10-15)28-2)25-21(26)9-7-18(24-25)16-6-8-19-20(11-16)30-13-29-19/h3-11,14H,12-13H2,1-2H3,(H,23,27). The normalized spacial score (nSPS) is 13.0. The summed E-state index contributed by atoms with van der Waals surface area (Å²) < 4.78 is 17.1. The van der Waals surface area contributed by atoms with E-state index in [1.54, 1.807) is 32.2 Å². The summed E-state index contributed by atoms with van der Waals surface area (Å²) in [5.41, 5.74) is 1.85. The van der Waals surface area contributed by atoms with Gasteiger partial charge in [-0.15, -0.1) is 0 Å². The molecule has 1 aliphatic rings. The number of aromatic nitrogens is 2. The Hall–Kier alpha value is -3.81. The first-order chi connectivity index (χ1) is 14.5. The molecule has 1 N–H and O–H groups in total. The summed E-state index contributed by atoms with van der Waals surface area (Å²) >= 11 is 0. The van der Waals surface area contributed by atoms with Gasteiger partial charge in [-0.25, -0.2) is 4.68 Å². The summed E-state index contributed by atoms with van der Waals surface area (Å²) in [6.45, 7) is 2.13. The Bertz CT molecular complexity index is 1140. The van der Waals surface area contributed by atoms with Crippen LogP contribution < -0.4 is 25.1 Å². The Morgan fingerprint density at radius 3 is 2.83 bits per heavy atom. The van der Waals surface area contributed by atoms with Crippen molar-refractivity contribution in [2.75, 3.05) is 13.9 Å². The van der Waals surface area contributed by atoms with Crippen LogP contribution in [0.25, 0.3) is 11.3 Å². The molecule has 154 valence electrons. The van der Waals surface area contributed by atoms with E-state index in [1.165, 1.54) is 10.7 Å². The molecule has 0 fully saturated rings. The predicted molar refractivity (Wildman–Crippen MR) is 110 cm³/mol. The second kappa shape index (κ2) is 8.28. The monoisotopic (exact) mass is 407 g/mol. The molecular weight excluding hydrogens is 386 g/mol. The number of hydrogen-bond donors (Lipinski definition) is 1. The van der Waals surface area contributed by atoms with Crippen molar-refractivity contribution in [3.63, 3.8) is 0 Å². The lowest BCUT2D eigenvalue weighted by Gasteiger charge is -2.15. The number of amides is 1. The van der Waals surface area contributed by atoms with Crippen molar-refractivity contribution in [3.05, 3.63) is 70.5 Å². The van der Waals surface area contributed by atoms with Gasteiger partial charge >= 0.3 is 0 Å². The summed E-state index contributed by atoms with van der Waals surface area (Å²) in [4.78, 5) is 25.0. The van der Waals surface area contributed by atoms with Crippen LogP contribution in [0, 0.1) is 0 Å². The van der Waals surface area contributed by atoms with E-state index >= 15 is 0 Å². The highest BCUT2D eigenvalue weighted by atomic mass is 16.7. The first-order valence-corrected chi connectivity index (χ1v) is 9.45. The van der Waals surface area contributed by atoms with Crippen LogP contribution in [0.2, 0.25) is 0 Å². The number of ether oxygens (including phenoxy) is 3. The fraction of sp³-hybridized carbons (Fsp3) is 0.227. The molecule has 3 aromatic rings. The lowest BCUT2D eigenvalue weighted by Crippen LogP contribution is -2.36. The van der Waals surface area contributed by atoms with Gasteiger partial charge in [0.25, 0.3) is 5.56 Å². The number of methoxy groups -OCH3 is 1. The molecule has 8 nitrogen and oxygen atoms in total. The SMILES string of the molecule is COc1cccc(CNC(=O)C(C)n2nc(-c3ccc4c(c3)OCO4)ccc2=O)c1. The van der Waals surface area contributed by atoms with Crippen LogP contribution in [0.4, 0.5) is 0 Å². The van der Waals surface area contributed by atoms with Crippen molar-refractivity contribution in [2.45, 2.75) is 19.5 Å². The van der Waals surface area contributed by atoms with Gasteiger partial charge in [0.2, 0.25) is 12.7 Å². The van der Waals surface area contributed by atoms with Gasteiger partial charge in [0.15, 0.2) is 11.5 Å². The maximum absolute atomic E-state index is 12.6. The maximum atomic E-state index is 12.6. The molecule has 2 heterocycles. The second-order valence-electron chi connectivity index (χ2n) is 6.81. The zero-order valence-corrected chi connectivity index (χ0v) is 16.6. The number of rotatable bonds is 6. The van der Waals surface area contributed by atoms with Gasteiger partial charge in [0.1, 0.15) is 11.8 Å². The lowest BCUT2D eigenvalue weighted by atomic mass is 10.1. The fourth-order valence-corrected chi connectivity index (χ4v) is 3.14. The number of fused-ring (bicyclic) bond motifs is 1. The van der Waals surface area contributed by atoms with Crippen LogP contribution in [-0.2, 0) is 11.3 Å². The summed E-state index contributed by atoms with van der Waals surface area (Å²) in [6.07, 6.45) is 0. The Morgan fingerprint density at radius 1 is 1.17 bits per heavy atom. The van der Waals surface area contributed by atoms with E-state index in [-0.39, 0.29) is 18.3 Å². The Balaban J connectivity index is 1.51. The van der Waals surface area contributed by atoms with Crippen molar-refractivity contribution in [1.29, 1.82) is 0 Å². The van der Waals surface area contributed by atoms with Gasteiger partial charge in [0.05, 0.1) is 12.8 Å². The number of carbonyl (C=O) groups excluding carboxylic acids is 1. The zero-order valence-electron chi connectivity index (χ0n) is 16.6. The first kappa shape index (κ1) is 19.5. The van der Waals surface area contributed by atoms with Gasteiger partial charge in [-0.05, 0) is 48.9 Å². The molecule has 1 aromatic heterocycles. The number of carbonyl (C=O) groups is 1. The van der Waals surface area contributed by atoms with Gasteiger partial charge in [-0.2, -0.15) is 5.10 Å². The minimum atomic E-state index is -0.780. The molecule has 0 aliphatic carbocycles. The van der Waals surface area contributed by atoms with E-state index in [4.69, 9.17) is 14.2 Å². The molecule has 0 saturated heterocycles. The van der Waals surface area contributed by atoms with Crippen LogP contribution in [0.3, 0.4) is 0 Å². The largest absolute Gasteiger partial charge is 0.497 e. The molecule has 1 atom stereocenters. The quantitative estimate of drug-likeness (QED) is 0.675. The Kier molecular flexibility index (Phi) is 5.38. The van der Waals surface area contributed by atoms with E-state index in [2.05, 4.69) is 10.4 Å².